The van der Waals surface area contributed by atoms with Crippen molar-refractivity contribution in [3.8, 4) is 0 Å². The van der Waals surface area contributed by atoms with Crippen LogP contribution in [0.25, 0.3) is 0 Å². The molecule has 0 aromatic heterocycles. The summed E-state index contributed by atoms with van der Waals surface area (Å²) in [6.07, 6.45) is 5.30. The first-order valence-electron chi connectivity index (χ1n) is 13.9. The van der Waals surface area contributed by atoms with Crippen molar-refractivity contribution >= 4 is 0 Å². The van der Waals surface area contributed by atoms with Gasteiger partial charge in [-0.05, 0) is 24.7 Å². The number of rotatable bonds is 22. The molecule has 0 radical (unpaired) electrons. The van der Waals surface area contributed by atoms with Gasteiger partial charge in [-0.2, -0.15) is 0 Å². The van der Waals surface area contributed by atoms with E-state index < -0.39 is 37.3 Å². The van der Waals surface area contributed by atoms with Crippen LogP contribution in [-0.2, 0) is 18.9 Å². The Kier molecular flexibility index (Phi) is 18.5. The number of aliphatic hydroxyl groups excluding tert-OH is 4. The standard InChI is InChI=1S/C27H54O8/c1-5-6-7-8-9-10-15-33-22(18-32-16-14-21(4)13-11-12-20(2)3)19-34-27-25(31)24(30)26(35-27)23(29)17-28/h20-31H,5-19H2,1-4H3/t21-,22+,23-,24-,25-,26+,27-/m1/s1. The van der Waals surface area contributed by atoms with Crippen molar-refractivity contribution in [1.82, 2.24) is 0 Å². The van der Waals surface area contributed by atoms with E-state index in [-0.39, 0.29) is 12.7 Å². The van der Waals surface area contributed by atoms with Crippen molar-refractivity contribution in [3.05, 3.63) is 0 Å². The first-order valence-corrected chi connectivity index (χ1v) is 13.9. The van der Waals surface area contributed by atoms with E-state index >= 15 is 0 Å². The highest BCUT2D eigenvalue weighted by atomic mass is 16.7. The topological polar surface area (TPSA) is 118 Å². The summed E-state index contributed by atoms with van der Waals surface area (Å²) in [6.45, 7) is 10.2. The van der Waals surface area contributed by atoms with E-state index in [1.807, 2.05) is 0 Å². The number of aliphatic hydroxyl groups is 4. The Labute approximate surface area is 213 Å². The molecule has 0 aromatic rings. The molecular weight excluding hydrogens is 452 g/mol. The van der Waals surface area contributed by atoms with Crippen LogP contribution < -0.4 is 0 Å². The summed E-state index contributed by atoms with van der Waals surface area (Å²) in [7, 11) is 0. The van der Waals surface area contributed by atoms with Gasteiger partial charge in [0.2, 0.25) is 0 Å². The molecule has 7 atom stereocenters. The highest BCUT2D eigenvalue weighted by Gasteiger charge is 2.46. The molecule has 0 bridgehead atoms. The second-order valence-corrected chi connectivity index (χ2v) is 10.6. The summed E-state index contributed by atoms with van der Waals surface area (Å²) in [5, 5.41) is 39.2. The molecule has 0 unspecified atom stereocenters. The lowest BCUT2D eigenvalue weighted by Gasteiger charge is -2.22. The Morgan fingerprint density at radius 3 is 2.23 bits per heavy atom. The van der Waals surface area contributed by atoms with Gasteiger partial charge in [0.1, 0.15) is 30.5 Å². The van der Waals surface area contributed by atoms with Gasteiger partial charge in [-0.3, -0.25) is 0 Å². The van der Waals surface area contributed by atoms with Crippen molar-refractivity contribution in [1.29, 1.82) is 0 Å². The molecule has 0 aromatic carbocycles. The Bertz CT molecular complexity index is 492. The lowest BCUT2D eigenvalue weighted by Crippen LogP contribution is -2.40. The molecular formula is C27H54O8. The highest BCUT2D eigenvalue weighted by molar-refractivity contribution is 4.90. The monoisotopic (exact) mass is 506 g/mol. The van der Waals surface area contributed by atoms with Gasteiger partial charge in [0.25, 0.3) is 0 Å². The van der Waals surface area contributed by atoms with Crippen LogP contribution in [0.1, 0.15) is 91.9 Å². The second-order valence-electron chi connectivity index (χ2n) is 10.6. The van der Waals surface area contributed by atoms with Crippen molar-refractivity contribution in [3.63, 3.8) is 0 Å². The maximum atomic E-state index is 10.2. The average molecular weight is 507 g/mol. The van der Waals surface area contributed by atoms with Gasteiger partial charge in [0, 0.05) is 13.2 Å². The normalized spacial score (nSPS) is 25.3. The smallest absolute Gasteiger partial charge is 0.186 e. The molecule has 1 fully saturated rings. The van der Waals surface area contributed by atoms with Crippen LogP contribution in [-0.4, -0.2) is 90.3 Å². The van der Waals surface area contributed by atoms with Crippen LogP contribution in [0.5, 0.6) is 0 Å². The Balaban J connectivity index is 2.42. The lowest BCUT2D eigenvalue weighted by molar-refractivity contribution is -0.198. The van der Waals surface area contributed by atoms with Crippen LogP contribution in [0.3, 0.4) is 0 Å². The fourth-order valence-corrected chi connectivity index (χ4v) is 4.23. The molecule has 1 heterocycles. The number of hydrogen-bond acceptors (Lipinski definition) is 8. The van der Waals surface area contributed by atoms with Crippen LogP contribution >= 0.6 is 0 Å². The molecule has 0 spiro atoms. The van der Waals surface area contributed by atoms with E-state index in [1.165, 1.54) is 44.9 Å². The summed E-state index contributed by atoms with van der Waals surface area (Å²) in [5.74, 6) is 1.36. The molecule has 0 aliphatic carbocycles. The zero-order valence-electron chi connectivity index (χ0n) is 22.6. The Hall–Kier alpha value is -0.320. The summed E-state index contributed by atoms with van der Waals surface area (Å²) >= 11 is 0. The molecule has 8 nitrogen and oxygen atoms in total. The highest BCUT2D eigenvalue weighted by Crippen LogP contribution is 2.25. The van der Waals surface area contributed by atoms with Crippen molar-refractivity contribution in [2.75, 3.05) is 33.0 Å². The maximum Gasteiger partial charge on any atom is 0.186 e. The molecule has 1 rings (SSSR count). The van der Waals surface area contributed by atoms with Crippen molar-refractivity contribution < 1.29 is 39.4 Å². The van der Waals surface area contributed by atoms with Gasteiger partial charge >= 0.3 is 0 Å². The zero-order chi connectivity index (χ0) is 26.1. The first kappa shape index (κ1) is 32.7. The summed E-state index contributed by atoms with van der Waals surface area (Å²) in [6, 6.07) is 0. The first-order chi connectivity index (χ1) is 16.8. The van der Waals surface area contributed by atoms with Gasteiger partial charge < -0.3 is 39.4 Å². The van der Waals surface area contributed by atoms with E-state index in [0.29, 0.717) is 25.7 Å². The predicted molar refractivity (Wildman–Crippen MR) is 136 cm³/mol. The summed E-state index contributed by atoms with van der Waals surface area (Å²) < 4.78 is 23.1. The number of hydrogen-bond donors (Lipinski definition) is 4. The average Bonchev–Trinajstić information content (AvgIpc) is 3.11. The van der Waals surface area contributed by atoms with Crippen LogP contribution in [0, 0.1) is 11.8 Å². The minimum Gasteiger partial charge on any atom is -0.394 e. The molecule has 0 saturated carbocycles. The molecule has 1 aliphatic rings. The molecule has 4 N–H and O–H groups in total. The number of unbranched alkanes of at least 4 members (excludes halogenated alkanes) is 5. The molecule has 1 saturated heterocycles. The Morgan fingerprint density at radius 2 is 1.54 bits per heavy atom. The van der Waals surface area contributed by atoms with Gasteiger partial charge in [-0.1, -0.05) is 79.1 Å². The molecule has 8 heteroatoms. The maximum absolute atomic E-state index is 10.2. The molecule has 1 aliphatic heterocycles. The summed E-state index contributed by atoms with van der Waals surface area (Å²) in [5.41, 5.74) is 0. The minimum atomic E-state index is -1.34. The fraction of sp³-hybridized carbons (Fsp3) is 1.00. The predicted octanol–water partition coefficient (Wildman–Crippen LogP) is 3.42. The second kappa shape index (κ2) is 19.7. The van der Waals surface area contributed by atoms with Crippen molar-refractivity contribution in [2.24, 2.45) is 11.8 Å². The van der Waals surface area contributed by atoms with E-state index in [4.69, 9.17) is 24.1 Å². The minimum absolute atomic E-state index is 0.135. The van der Waals surface area contributed by atoms with Gasteiger partial charge in [0.15, 0.2) is 6.29 Å². The largest absolute Gasteiger partial charge is 0.394 e. The molecule has 210 valence electrons. The number of ether oxygens (including phenoxy) is 4. The van der Waals surface area contributed by atoms with Gasteiger partial charge in [-0.15, -0.1) is 0 Å². The molecule has 35 heavy (non-hydrogen) atoms. The summed E-state index contributed by atoms with van der Waals surface area (Å²) in [4.78, 5) is 0. The van der Waals surface area contributed by atoms with E-state index in [0.717, 1.165) is 25.2 Å². The van der Waals surface area contributed by atoms with Gasteiger partial charge in [0.05, 0.1) is 19.8 Å². The molecule has 0 amide bonds. The van der Waals surface area contributed by atoms with Crippen molar-refractivity contribution in [2.45, 2.75) is 129 Å². The third kappa shape index (κ3) is 14.3. The van der Waals surface area contributed by atoms with Gasteiger partial charge in [-0.25, -0.2) is 0 Å². The fourth-order valence-electron chi connectivity index (χ4n) is 4.23. The van der Waals surface area contributed by atoms with Crippen LogP contribution in [0.4, 0.5) is 0 Å². The van der Waals surface area contributed by atoms with E-state index in [2.05, 4.69) is 27.7 Å². The van der Waals surface area contributed by atoms with E-state index in [9.17, 15) is 15.3 Å². The third-order valence-electron chi connectivity index (χ3n) is 6.66. The van der Waals surface area contributed by atoms with Crippen LogP contribution in [0.15, 0.2) is 0 Å². The van der Waals surface area contributed by atoms with Crippen LogP contribution in [0.2, 0.25) is 0 Å². The zero-order valence-corrected chi connectivity index (χ0v) is 22.6. The third-order valence-corrected chi connectivity index (χ3v) is 6.66. The van der Waals surface area contributed by atoms with E-state index in [1.54, 1.807) is 0 Å². The quantitative estimate of drug-likeness (QED) is 0.165. The SMILES string of the molecule is CCCCCCCCO[C@@H](COCC[C@H](C)CCCC(C)C)CO[C@@H]1O[C@@H]([C@H](O)CO)[C@H](O)[C@H]1O. The lowest BCUT2D eigenvalue weighted by atomic mass is 9.98. The Morgan fingerprint density at radius 1 is 0.829 bits per heavy atom.